The van der Waals surface area contributed by atoms with Crippen LogP contribution in [0.25, 0.3) is 10.2 Å². The first-order valence-electron chi connectivity index (χ1n) is 11.6. The number of nitrogens with zero attached hydrogens (tertiary/aromatic N) is 1. The van der Waals surface area contributed by atoms with Crippen molar-refractivity contribution < 1.29 is 22.7 Å². The van der Waals surface area contributed by atoms with Gasteiger partial charge >= 0.3 is 0 Å². The Morgan fingerprint density at radius 3 is 2.92 bits per heavy atom. The number of rotatable bonds is 10. The van der Waals surface area contributed by atoms with E-state index in [4.69, 9.17) is 15.2 Å². The summed E-state index contributed by atoms with van der Waals surface area (Å²) in [6, 6.07) is 7.32. The number of fused-ring (bicyclic) bond motifs is 1. The molecule has 3 aromatic rings. The Labute approximate surface area is 213 Å². The van der Waals surface area contributed by atoms with Gasteiger partial charge in [-0.05, 0) is 54.2 Å². The van der Waals surface area contributed by atoms with Crippen molar-refractivity contribution in [1.82, 2.24) is 15.3 Å². The van der Waals surface area contributed by atoms with Crippen molar-refractivity contribution in [2.24, 2.45) is 17.6 Å². The molecule has 1 aliphatic carbocycles. The fourth-order valence-corrected chi connectivity index (χ4v) is 6.39. The number of methoxy groups -OCH3 is 1. The standard InChI is InChI=1S/C24H30N4O6S2/c1-33-18-5-3-4-14(9-18)10-26-23(30)21-27-22(29)19-17(13-35-24(19)28-21)12-34-11-15-6-7-16(8-15)20(25)36(2,31)32/h3-5,9,13,15-16,20H,6-8,10-12,25H2,1-2H3,(H,26,30)(H,27,28,29). The molecule has 2 aromatic heterocycles. The average Bonchev–Trinajstić information content (AvgIpc) is 3.49. The van der Waals surface area contributed by atoms with E-state index in [2.05, 4.69) is 15.3 Å². The number of nitrogens with one attached hydrogen (secondary N) is 2. The second kappa shape index (κ2) is 11.1. The fraction of sp³-hybridized carbons (Fsp3) is 0.458. The molecule has 1 fully saturated rings. The van der Waals surface area contributed by atoms with Crippen LogP contribution >= 0.6 is 11.3 Å². The first-order chi connectivity index (χ1) is 17.2. The predicted molar refractivity (Wildman–Crippen MR) is 138 cm³/mol. The highest BCUT2D eigenvalue weighted by atomic mass is 32.2. The molecule has 2 heterocycles. The van der Waals surface area contributed by atoms with E-state index < -0.39 is 26.7 Å². The molecule has 4 N–H and O–H groups in total. The van der Waals surface area contributed by atoms with Gasteiger partial charge in [-0.3, -0.25) is 9.59 Å². The number of nitrogens with two attached hydrogens (primary N) is 1. The first kappa shape index (κ1) is 26.3. The quantitative estimate of drug-likeness (QED) is 0.358. The largest absolute Gasteiger partial charge is 0.497 e. The molecule has 1 aliphatic rings. The van der Waals surface area contributed by atoms with Gasteiger partial charge in [-0.15, -0.1) is 11.3 Å². The molecule has 1 aromatic carbocycles. The Bertz CT molecular complexity index is 1400. The van der Waals surface area contributed by atoms with Crippen LogP contribution in [-0.4, -0.2) is 49.6 Å². The molecule has 0 bridgehead atoms. The molecule has 0 radical (unpaired) electrons. The maximum absolute atomic E-state index is 12.8. The monoisotopic (exact) mass is 534 g/mol. The Hall–Kier alpha value is -2.80. The molecule has 10 nitrogen and oxygen atoms in total. The number of carbonyl (C=O) groups excluding carboxylic acids is 1. The number of ether oxygens (including phenoxy) is 2. The Morgan fingerprint density at radius 2 is 2.17 bits per heavy atom. The molecule has 1 saturated carbocycles. The summed E-state index contributed by atoms with van der Waals surface area (Å²) >= 11 is 1.28. The maximum atomic E-state index is 12.8. The van der Waals surface area contributed by atoms with E-state index in [0.717, 1.165) is 18.4 Å². The van der Waals surface area contributed by atoms with Gasteiger partial charge in [-0.2, -0.15) is 0 Å². The van der Waals surface area contributed by atoms with E-state index in [1.807, 2.05) is 29.6 Å². The number of H-pyrrole nitrogens is 1. The molecule has 36 heavy (non-hydrogen) atoms. The summed E-state index contributed by atoms with van der Waals surface area (Å²) < 4.78 is 34.5. The van der Waals surface area contributed by atoms with Gasteiger partial charge in [0.25, 0.3) is 11.5 Å². The van der Waals surface area contributed by atoms with Gasteiger partial charge in [-0.1, -0.05) is 12.1 Å². The summed E-state index contributed by atoms with van der Waals surface area (Å²) in [5.41, 5.74) is 7.05. The number of benzene rings is 1. The Morgan fingerprint density at radius 1 is 1.36 bits per heavy atom. The lowest BCUT2D eigenvalue weighted by atomic mass is 10.1. The lowest BCUT2D eigenvalue weighted by Gasteiger charge is -2.17. The van der Waals surface area contributed by atoms with Crippen LogP contribution in [0.5, 0.6) is 5.75 Å². The molecule has 0 saturated heterocycles. The predicted octanol–water partition coefficient (Wildman–Crippen LogP) is 2.19. The second-order valence-corrected chi connectivity index (χ2v) is 12.2. The third-order valence-electron chi connectivity index (χ3n) is 6.47. The number of aromatic amines is 1. The number of carbonyl (C=O) groups is 1. The van der Waals surface area contributed by atoms with Gasteiger partial charge in [0, 0.05) is 25.0 Å². The number of hydrogen-bond donors (Lipinski definition) is 3. The normalized spacial score (nSPS) is 18.9. The summed E-state index contributed by atoms with van der Waals surface area (Å²) in [5.74, 6) is 0.323. The summed E-state index contributed by atoms with van der Waals surface area (Å²) in [6.45, 7) is 0.949. The Balaban J connectivity index is 1.34. The highest BCUT2D eigenvalue weighted by Gasteiger charge is 2.33. The number of hydrogen-bond acceptors (Lipinski definition) is 9. The highest BCUT2D eigenvalue weighted by molar-refractivity contribution is 7.91. The van der Waals surface area contributed by atoms with E-state index in [-0.39, 0.29) is 30.8 Å². The van der Waals surface area contributed by atoms with E-state index in [1.165, 1.54) is 17.6 Å². The van der Waals surface area contributed by atoms with Gasteiger partial charge in [0.05, 0.1) is 19.1 Å². The molecule has 12 heteroatoms. The number of amides is 1. The molecule has 0 aliphatic heterocycles. The second-order valence-electron chi connectivity index (χ2n) is 9.14. The van der Waals surface area contributed by atoms with Crippen LogP contribution in [-0.2, 0) is 27.7 Å². The summed E-state index contributed by atoms with van der Waals surface area (Å²) in [7, 11) is -1.69. The molecule has 3 atom stereocenters. The minimum atomic E-state index is -3.27. The van der Waals surface area contributed by atoms with E-state index >= 15 is 0 Å². The van der Waals surface area contributed by atoms with Crippen molar-refractivity contribution in [3.63, 3.8) is 0 Å². The minimum absolute atomic E-state index is 0.0519. The molecule has 0 spiro atoms. The zero-order chi connectivity index (χ0) is 25.9. The van der Waals surface area contributed by atoms with Crippen LogP contribution in [0.15, 0.2) is 34.4 Å². The molecule has 3 unspecified atom stereocenters. The van der Waals surface area contributed by atoms with E-state index in [1.54, 1.807) is 7.11 Å². The van der Waals surface area contributed by atoms with Crippen molar-refractivity contribution >= 4 is 37.3 Å². The summed E-state index contributed by atoms with van der Waals surface area (Å²) in [5, 5.41) is 4.14. The smallest absolute Gasteiger partial charge is 0.287 e. The SMILES string of the molecule is COc1cccc(CNC(=O)c2nc3scc(COCC4CCC(C(N)S(C)(=O)=O)C4)c3c(=O)[nH]2)c1. The van der Waals surface area contributed by atoms with Crippen LogP contribution in [0, 0.1) is 11.8 Å². The maximum Gasteiger partial charge on any atom is 0.287 e. The van der Waals surface area contributed by atoms with Crippen molar-refractivity contribution in [3.8, 4) is 5.75 Å². The fourth-order valence-electron chi connectivity index (χ4n) is 4.52. The molecule has 4 rings (SSSR count). The van der Waals surface area contributed by atoms with Gasteiger partial charge in [0.1, 0.15) is 16.0 Å². The number of thiophene rings is 1. The van der Waals surface area contributed by atoms with Gasteiger partial charge in [0.2, 0.25) is 5.82 Å². The highest BCUT2D eigenvalue weighted by Crippen LogP contribution is 2.34. The van der Waals surface area contributed by atoms with Gasteiger partial charge in [-0.25, -0.2) is 13.4 Å². The van der Waals surface area contributed by atoms with Gasteiger partial charge < -0.3 is 25.5 Å². The van der Waals surface area contributed by atoms with Crippen LogP contribution in [0.2, 0.25) is 0 Å². The third kappa shape index (κ3) is 6.12. The topological polar surface area (TPSA) is 153 Å². The van der Waals surface area contributed by atoms with Crippen molar-refractivity contribution in [2.75, 3.05) is 20.0 Å². The molecule has 194 valence electrons. The van der Waals surface area contributed by atoms with E-state index in [0.29, 0.717) is 34.6 Å². The molecular formula is C24H30N4O6S2. The number of sulfone groups is 1. The lowest BCUT2D eigenvalue weighted by molar-refractivity contribution is 0.0883. The van der Waals surface area contributed by atoms with E-state index in [9.17, 15) is 18.0 Å². The summed E-state index contributed by atoms with van der Waals surface area (Å²) in [4.78, 5) is 32.7. The van der Waals surface area contributed by atoms with Crippen LogP contribution in [0.4, 0.5) is 0 Å². The molecular weight excluding hydrogens is 504 g/mol. The zero-order valence-electron chi connectivity index (χ0n) is 20.2. The zero-order valence-corrected chi connectivity index (χ0v) is 21.8. The van der Waals surface area contributed by atoms with Crippen LogP contribution < -0.4 is 21.3 Å². The van der Waals surface area contributed by atoms with Crippen LogP contribution in [0.1, 0.15) is 41.0 Å². The van der Waals surface area contributed by atoms with Crippen molar-refractivity contribution in [3.05, 3.63) is 57.0 Å². The van der Waals surface area contributed by atoms with Crippen molar-refractivity contribution in [2.45, 2.75) is 37.8 Å². The summed E-state index contributed by atoms with van der Waals surface area (Å²) in [6.07, 6.45) is 3.49. The lowest BCUT2D eigenvalue weighted by Crippen LogP contribution is -2.36. The van der Waals surface area contributed by atoms with Gasteiger partial charge in [0.15, 0.2) is 9.84 Å². The van der Waals surface area contributed by atoms with Crippen LogP contribution in [0.3, 0.4) is 0 Å². The third-order valence-corrected chi connectivity index (χ3v) is 8.77. The minimum Gasteiger partial charge on any atom is -0.497 e. The molecule has 1 amide bonds. The average molecular weight is 535 g/mol. The number of aromatic nitrogens is 2. The first-order valence-corrected chi connectivity index (χ1v) is 14.4. The van der Waals surface area contributed by atoms with Crippen molar-refractivity contribution in [1.29, 1.82) is 0 Å². The Kier molecular flexibility index (Phi) is 8.08.